The molecule has 5 nitrogen and oxygen atoms in total. The maximum atomic E-state index is 5.50. The van der Waals surface area contributed by atoms with Crippen molar-refractivity contribution >= 4 is 55.9 Å². The number of aromatic nitrogens is 3. The normalized spacial score (nSPS) is 12.4. The van der Waals surface area contributed by atoms with E-state index in [9.17, 15) is 0 Å². The van der Waals surface area contributed by atoms with E-state index < -0.39 is 0 Å². The largest absolute Gasteiger partial charge is 0.330 e. The number of para-hydroxylation sites is 1. The lowest BCUT2D eigenvalue weighted by Gasteiger charge is -2.11. The number of hydrogen-bond acceptors (Lipinski definition) is 6. The van der Waals surface area contributed by atoms with Crippen LogP contribution in [0.2, 0.25) is 0 Å². The second-order valence-corrected chi connectivity index (χ2v) is 9.27. The Labute approximate surface area is 170 Å². The number of nitrogens with one attached hydrogen (secondary N) is 2. The van der Waals surface area contributed by atoms with Crippen molar-refractivity contribution in [2.45, 2.75) is 20.1 Å². The first-order valence-electron chi connectivity index (χ1n) is 8.64. The predicted octanol–water partition coefficient (Wildman–Crippen LogP) is 4.01. The van der Waals surface area contributed by atoms with Crippen molar-refractivity contribution in [2.75, 3.05) is 12.4 Å². The predicted molar refractivity (Wildman–Crippen MR) is 116 cm³/mol. The van der Waals surface area contributed by atoms with Gasteiger partial charge in [0.15, 0.2) is 10.6 Å². The summed E-state index contributed by atoms with van der Waals surface area (Å²) < 4.78 is 3.89. The number of hydrogen-bond donors (Lipinski definition) is 2. The number of anilines is 2. The summed E-state index contributed by atoms with van der Waals surface area (Å²) in [5.41, 5.74) is 3.31. The lowest BCUT2D eigenvalue weighted by Crippen LogP contribution is -3.07. The molecule has 4 aromatic rings. The Hall–Kier alpha value is -2.13. The van der Waals surface area contributed by atoms with Gasteiger partial charge in [0, 0.05) is 5.69 Å². The molecule has 0 spiro atoms. The Morgan fingerprint density at radius 2 is 2.00 bits per heavy atom. The van der Waals surface area contributed by atoms with E-state index in [1.807, 2.05) is 22.9 Å². The molecule has 0 saturated carbocycles. The van der Waals surface area contributed by atoms with Crippen LogP contribution in [-0.2, 0) is 13.2 Å². The molecule has 8 heteroatoms. The van der Waals surface area contributed by atoms with Gasteiger partial charge in [0.1, 0.15) is 11.6 Å². The highest BCUT2D eigenvalue weighted by Gasteiger charge is 2.12. The lowest BCUT2D eigenvalue weighted by molar-refractivity contribution is -0.917. The molecule has 2 aromatic carbocycles. The maximum Gasteiger partial charge on any atom is 0.209 e. The van der Waals surface area contributed by atoms with Crippen LogP contribution in [0.4, 0.5) is 10.8 Å². The molecule has 0 aliphatic heterocycles. The highest BCUT2D eigenvalue weighted by atomic mass is 32.1. The third kappa shape index (κ3) is 4.41. The minimum Gasteiger partial charge on any atom is -0.330 e. The van der Waals surface area contributed by atoms with Gasteiger partial charge in [-0.3, -0.25) is 0 Å². The molecule has 138 valence electrons. The van der Waals surface area contributed by atoms with Gasteiger partial charge >= 0.3 is 0 Å². The van der Waals surface area contributed by atoms with Crippen LogP contribution in [-0.4, -0.2) is 21.8 Å². The van der Waals surface area contributed by atoms with Gasteiger partial charge in [0.25, 0.3) is 0 Å². The Morgan fingerprint density at radius 3 is 2.81 bits per heavy atom. The molecule has 2 N–H and O–H groups in total. The number of fused-ring (bicyclic) bond motifs is 1. The van der Waals surface area contributed by atoms with E-state index in [1.165, 1.54) is 26.5 Å². The molecule has 4 rings (SSSR count). The average Bonchev–Trinajstić information content (AvgIpc) is 3.17. The van der Waals surface area contributed by atoms with Gasteiger partial charge in [0.2, 0.25) is 5.13 Å². The molecule has 27 heavy (non-hydrogen) atoms. The fourth-order valence-electron chi connectivity index (χ4n) is 2.87. The second-order valence-electron chi connectivity index (χ2n) is 6.53. The molecule has 2 aromatic heterocycles. The van der Waals surface area contributed by atoms with Crippen LogP contribution < -0.4 is 10.2 Å². The zero-order chi connectivity index (χ0) is 18.8. The summed E-state index contributed by atoms with van der Waals surface area (Å²) in [5, 5.41) is 9.94. The van der Waals surface area contributed by atoms with E-state index in [4.69, 9.17) is 17.2 Å². The summed E-state index contributed by atoms with van der Waals surface area (Å²) >= 11 is 8.75. The molecule has 1 atom stereocenters. The quantitative estimate of drug-likeness (QED) is 0.468. The van der Waals surface area contributed by atoms with E-state index in [1.54, 1.807) is 11.3 Å². The molecular weight excluding hydrogens is 394 g/mol. The van der Waals surface area contributed by atoms with Gasteiger partial charge in [0.05, 0.1) is 17.3 Å². The molecule has 0 bridgehead atoms. The van der Waals surface area contributed by atoms with Crippen molar-refractivity contribution in [3.63, 3.8) is 0 Å². The fraction of sp³-hybridized carbons (Fsp3) is 0.211. The van der Waals surface area contributed by atoms with Crippen LogP contribution in [0.15, 0.2) is 48.5 Å². The van der Waals surface area contributed by atoms with E-state index >= 15 is 0 Å². The topological polar surface area (TPSA) is 47.2 Å². The van der Waals surface area contributed by atoms with Crippen molar-refractivity contribution in [2.24, 2.45) is 0 Å². The van der Waals surface area contributed by atoms with Crippen LogP contribution in [0.5, 0.6) is 0 Å². The van der Waals surface area contributed by atoms with Crippen LogP contribution in [0.25, 0.3) is 10.2 Å². The van der Waals surface area contributed by atoms with E-state index in [2.05, 4.69) is 54.7 Å². The summed E-state index contributed by atoms with van der Waals surface area (Å²) in [5.74, 6) is 0. The number of aryl methyl sites for hydroxylation is 1. The average molecular weight is 415 g/mol. The number of quaternary nitrogens is 1. The van der Waals surface area contributed by atoms with Crippen LogP contribution >= 0.6 is 34.9 Å². The Morgan fingerprint density at radius 1 is 1.15 bits per heavy atom. The molecule has 0 amide bonds. The second kappa shape index (κ2) is 7.85. The zero-order valence-electron chi connectivity index (χ0n) is 15.1. The van der Waals surface area contributed by atoms with Gasteiger partial charge in [-0.25, -0.2) is 4.98 Å². The first-order valence-corrected chi connectivity index (χ1v) is 10.7. The third-order valence-electron chi connectivity index (χ3n) is 4.09. The van der Waals surface area contributed by atoms with Crippen molar-refractivity contribution in [1.82, 2.24) is 14.8 Å². The molecule has 0 aliphatic rings. The number of benzene rings is 2. The molecule has 0 aliphatic carbocycles. The fourth-order valence-corrected chi connectivity index (χ4v) is 4.98. The monoisotopic (exact) mass is 414 g/mol. The first-order chi connectivity index (χ1) is 13.1. The summed E-state index contributed by atoms with van der Waals surface area (Å²) in [6.07, 6.45) is 0. The van der Waals surface area contributed by atoms with Crippen LogP contribution in [0.3, 0.4) is 0 Å². The van der Waals surface area contributed by atoms with Crippen molar-refractivity contribution < 1.29 is 4.90 Å². The SMILES string of the molecule is Cc1cccc(Nc2nn(C[NH+](C)Cc3nc4ccccc4s3)c(=S)s2)c1. The Kier molecular flexibility index (Phi) is 5.31. The van der Waals surface area contributed by atoms with Crippen molar-refractivity contribution in [1.29, 1.82) is 0 Å². The number of nitrogens with zero attached hydrogens (tertiary/aromatic N) is 3. The maximum absolute atomic E-state index is 5.50. The summed E-state index contributed by atoms with van der Waals surface area (Å²) in [6, 6.07) is 16.5. The summed E-state index contributed by atoms with van der Waals surface area (Å²) in [6.45, 7) is 3.63. The molecule has 0 fully saturated rings. The Bertz CT molecular complexity index is 1090. The van der Waals surface area contributed by atoms with Gasteiger partial charge < -0.3 is 10.2 Å². The van der Waals surface area contributed by atoms with Crippen molar-refractivity contribution in [3.8, 4) is 0 Å². The highest BCUT2D eigenvalue weighted by molar-refractivity contribution is 7.73. The van der Waals surface area contributed by atoms with Gasteiger partial charge in [-0.1, -0.05) is 35.6 Å². The minimum atomic E-state index is 0.709. The number of thiazole rings is 1. The highest BCUT2D eigenvalue weighted by Crippen LogP contribution is 2.22. The first kappa shape index (κ1) is 18.2. The van der Waals surface area contributed by atoms with E-state index in [0.717, 1.165) is 31.8 Å². The van der Waals surface area contributed by atoms with Gasteiger partial charge in [-0.2, -0.15) is 4.68 Å². The summed E-state index contributed by atoms with van der Waals surface area (Å²) in [4.78, 5) is 6.01. The lowest BCUT2D eigenvalue weighted by atomic mass is 10.2. The minimum absolute atomic E-state index is 0.709. The van der Waals surface area contributed by atoms with Gasteiger partial charge in [-0.05, 0) is 49.0 Å². The molecule has 0 radical (unpaired) electrons. The van der Waals surface area contributed by atoms with Crippen LogP contribution in [0.1, 0.15) is 10.6 Å². The number of rotatable bonds is 6. The summed E-state index contributed by atoms with van der Waals surface area (Å²) in [7, 11) is 2.14. The molecule has 2 heterocycles. The molecule has 1 unspecified atom stereocenters. The molecule has 0 saturated heterocycles. The van der Waals surface area contributed by atoms with Gasteiger partial charge in [-0.15, -0.1) is 16.4 Å². The van der Waals surface area contributed by atoms with E-state index in [-0.39, 0.29) is 0 Å². The Balaban J connectivity index is 1.44. The zero-order valence-corrected chi connectivity index (χ0v) is 17.5. The van der Waals surface area contributed by atoms with Crippen LogP contribution in [0, 0.1) is 10.9 Å². The third-order valence-corrected chi connectivity index (χ3v) is 6.35. The van der Waals surface area contributed by atoms with E-state index in [0.29, 0.717) is 6.67 Å². The standard InChI is InChI=1S/C19H19N5S3/c1-13-6-5-7-14(10-13)20-18-22-24(19(25)27-18)12-23(2)11-17-21-15-8-3-4-9-16(15)26-17/h3-10H,11-12H2,1-2H3,(H,20,22)/p+1. The van der Waals surface area contributed by atoms with Crippen molar-refractivity contribution in [3.05, 3.63) is 63.1 Å². The molecular formula is C19H20N5S3+. The smallest absolute Gasteiger partial charge is 0.209 e.